The number of ether oxygens (including phenoxy) is 4. The molecule has 1 aliphatic heterocycles. The van der Waals surface area contributed by atoms with Gasteiger partial charge in [-0.25, -0.2) is 4.79 Å². The lowest BCUT2D eigenvalue weighted by molar-refractivity contribution is -0.0740. The highest BCUT2D eigenvalue weighted by Crippen LogP contribution is 2.38. The molecule has 0 saturated carbocycles. The van der Waals surface area contributed by atoms with E-state index in [0.717, 1.165) is 27.9 Å². The predicted octanol–water partition coefficient (Wildman–Crippen LogP) is 6.07. The second-order valence-electron chi connectivity index (χ2n) is 7.11. The molecule has 2 aromatic rings. The predicted molar refractivity (Wildman–Crippen MR) is 142 cm³/mol. The number of amides is 1. The summed E-state index contributed by atoms with van der Waals surface area (Å²) in [5.41, 5.74) is 0.797. The van der Waals surface area contributed by atoms with Gasteiger partial charge in [0, 0.05) is 17.3 Å². The number of fused-ring (bicyclic) bond motifs is 1. The van der Waals surface area contributed by atoms with Crippen LogP contribution in [-0.2, 0) is 9.57 Å². The molecule has 2 atom stereocenters. The Hall–Kier alpha value is -2.27. The van der Waals surface area contributed by atoms with Crippen molar-refractivity contribution in [2.24, 2.45) is 5.16 Å². The first-order valence-electron chi connectivity index (χ1n) is 10.8. The lowest BCUT2D eigenvalue weighted by atomic mass is 10.3. The van der Waals surface area contributed by atoms with Crippen molar-refractivity contribution < 1.29 is 28.6 Å². The fourth-order valence-electron chi connectivity index (χ4n) is 2.48. The Morgan fingerprint density at radius 3 is 2.60 bits per heavy atom. The molecule has 11 heteroatoms. The minimum Gasteiger partial charge on any atom is -0.491 e. The van der Waals surface area contributed by atoms with Gasteiger partial charge in [0.2, 0.25) is 0 Å². The molecule has 1 N–H and O–H groups in total. The maximum Gasteiger partial charge on any atom is 0.433 e. The van der Waals surface area contributed by atoms with E-state index in [-0.39, 0.29) is 11.5 Å². The van der Waals surface area contributed by atoms with Crippen LogP contribution >= 0.6 is 35.1 Å². The van der Waals surface area contributed by atoms with E-state index in [2.05, 4.69) is 15.3 Å². The highest BCUT2D eigenvalue weighted by Gasteiger charge is 2.14. The number of nitrogens with one attached hydrogen (secondary N) is 1. The second kappa shape index (κ2) is 15.7. The first-order chi connectivity index (χ1) is 16.8. The van der Waals surface area contributed by atoms with Crippen molar-refractivity contribution >= 4 is 46.9 Å². The minimum atomic E-state index is -0.539. The van der Waals surface area contributed by atoms with Crippen molar-refractivity contribution in [3.05, 3.63) is 47.5 Å². The van der Waals surface area contributed by atoms with E-state index in [9.17, 15) is 4.79 Å². The van der Waals surface area contributed by atoms with Crippen molar-refractivity contribution in [1.29, 1.82) is 0 Å². The van der Waals surface area contributed by atoms with Gasteiger partial charge in [0.1, 0.15) is 29.8 Å². The molecule has 0 fully saturated rings. The number of oxime groups is 1. The molecular weight excluding hydrogens is 512 g/mol. The lowest BCUT2D eigenvalue weighted by Gasteiger charge is -2.16. The van der Waals surface area contributed by atoms with Gasteiger partial charge in [-0.3, -0.25) is 4.84 Å². The third-order valence-electron chi connectivity index (χ3n) is 4.58. The number of hydrogen-bond acceptors (Lipinski definition) is 9. The van der Waals surface area contributed by atoms with Gasteiger partial charge in [-0.15, -0.1) is 0 Å². The van der Waals surface area contributed by atoms with Gasteiger partial charge in [-0.2, -0.15) is 11.8 Å². The second-order valence-corrected chi connectivity index (χ2v) is 9.69. The van der Waals surface area contributed by atoms with Crippen LogP contribution in [0.2, 0.25) is 5.02 Å². The van der Waals surface area contributed by atoms with E-state index in [1.54, 1.807) is 35.7 Å². The Kier molecular flexibility index (Phi) is 13.0. The van der Waals surface area contributed by atoms with Gasteiger partial charge in [0.05, 0.1) is 17.2 Å². The van der Waals surface area contributed by atoms with Crippen LogP contribution in [0.15, 0.2) is 52.5 Å². The molecule has 2 aromatic carbocycles. The Morgan fingerprint density at radius 2 is 1.91 bits per heavy atom. The van der Waals surface area contributed by atoms with Crippen molar-refractivity contribution in [3.63, 3.8) is 0 Å². The van der Waals surface area contributed by atoms with Crippen LogP contribution in [-0.4, -0.2) is 55.8 Å². The van der Waals surface area contributed by atoms with Crippen molar-refractivity contribution in [3.8, 4) is 17.2 Å². The van der Waals surface area contributed by atoms with E-state index in [1.807, 2.05) is 57.4 Å². The number of rotatable bonds is 10. The van der Waals surface area contributed by atoms with Crippen LogP contribution in [0.1, 0.15) is 20.8 Å². The van der Waals surface area contributed by atoms with Crippen molar-refractivity contribution in [2.75, 3.05) is 32.5 Å². The summed E-state index contributed by atoms with van der Waals surface area (Å²) >= 11 is 9.13. The molecule has 0 radical (unpaired) electrons. The summed E-state index contributed by atoms with van der Waals surface area (Å²) < 4.78 is 22.3. The molecule has 0 aromatic heterocycles. The molecule has 0 aliphatic carbocycles. The van der Waals surface area contributed by atoms with Gasteiger partial charge in [-0.1, -0.05) is 28.5 Å². The van der Waals surface area contributed by atoms with Crippen molar-refractivity contribution in [2.45, 2.75) is 37.2 Å². The SMILES string of the molecule is CC(OCCOc1ccc(Cl)cc1)Oc1ccc2c(c1)SCO2.CNC(=O)O/N=C(/C)C(C)SC. The van der Waals surface area contributed by atoms with Gasteiger partial charge in [0.15, 0.2) is 6.29 Å². The first-order valence-corrected chi connectivity index (χ1v) is 13.5. The third-order valence-corrected chi connectivity index (χ3v) is 6.75. The highest BCUT2D eigenvalue weighted by molar-refractivity contribution is 8.00. The lowest BCUT2D eigenvalue weighted by Crippen LogP contribution is -2.19. The molecule has 1 aliphatic rings. The molecule has 0 bridgehead atoms. The number of thioether (sulfide) groups is 2. The summed E-state index contributed by atoms with van der Waals surface area (Å²) in [6, 6.07) is 13.0. The zero-order valence-corrected chi connectivity index (χ0v) is 22.8. The van der Waals surface area contributed by atoms with Crippen LogP contribution in [0, 0.1) is 0 Å². The van der Waals surface area contributed by atoms with Crippen LogP contribution in [0.25, 0.3) is 0 Å². The van der Waals surface area contributed by atoms with Gasteiger partial charge < -0.3 is 24.3 Å². The smallest absolute Gasteiger partial charge is 0.433 e. The number of hydrogen-bond donors (Lipinski definition) is 1. The molecule has 192 valence electrons. The van der Waals surface area contributed by atoms with E-state index in [0.29, 0.717) is 24.2 Å². The average molecular weight is 543 g/mol. The fourth-order valence-corrected chi connectivity index (χ4v) is 3.78. The van der Waals surface area contributed by atoms with Gasteiger partial charge in [0.25, 0.3) is 0 Å². The third kappa shape index (κ3) is 10.9. The summed E-state index contributed by atoms with van der Waals surface area (Å²) in [6.45, 7) is 6.57. The van der Waals surface area contributed by atoms with Crippen LogP contribution in [0.3, 0.4) is 0 Å². The number of benzene rings is 2. The van der Waals surface area contributed by atoms with Gasteiger partial charge >= 0.3 is 6.09 Å². The quantitative estimate of drug-likeness (QED) is 0.127. The summed E-state index contributed by atoms with van der Waals surface area (Å²) in [4.78, 5) is 16.2. The molecular formula is C24H31ClN2O6S2. The summed E-state index contributed by atoms with van der Waals surface area (Å²) in [5.74, 6) is 3.11. The molecule has 8 nitrogen and oxygen atoms in total. The molecule has 0 saturated heterocycles. The summed E-state index contributed by atoms with van der Waals surface area (Å²) in [7, 11) is 1.49. The maximum absolute atomic E-state index is 10.6. The summed E-state index contributed by atoms with van der Waals surface area (Å²) in [6.07, 6.45) is 1.08. The molecule has 1 heterocycles. The molecule has 2 unspecified atom stereocenters. The summed E-state index contributed by atoms with van der Waals surface area (Å²) in [5, 5.41) is 6.91. The number of nitrogens with zero attached hydrogens (tertiary/aromatic N) is 1. The van der Waals surface area contributed by atoms with Gasteiger partial charge in [-0.05, 0) is 69.5 Å². The zero-order chi connectivity index (χ0) is 25.6. The van der Waals surface area contributed by atoms with E-state index >= 15 is 0 Å². The monoisotopic (exact) mass is 542 g/mol. The normalized spacial score (nSPS) is 13.9. The maximum atomic E-state index is 10.6. The number of carbonyl (C=O) groups excluding carboxylic acids is 1. The topological polar surface area (TPSA) is 87.6 Å². The number of carbonyl (C=O) groups is 1. The van der Waals surface area contributed by atoms with E-state index < -0.39 is 6.09 Å². The van der Waals surface area contributed by atoms with E-state index in [4.69, 9.17) is 30.5 Å². The van der Waals surface area contributed by atoms with Crippen LogP contribution in [0.4, 0.5) is 4.79 Å². The molecule has 35 heavy (non-hydrogen) atoms. The molecule has 0 spiro atoms. The average Bonchev–Trinajstić information content (AvgIpc) is 3.33. The fraction of sp³-hybridized carbons (Fsp3) is 0.417. The Balaban J connectivity index is 0.000000307. The van der Waals surface area contributed by atoms with Crippen molar-refractivity contribution in [1.82, 2.24) is 5.32 Å². The minimum absolute atomic E-state index is 0.273. The Bertz CT molecular complexity index is 962. The van der Waals surface area contributed by atoms with E-state index in [1.165, 1.54) is 7.05 Å². The van der Waals surface area contributed by atoms with Crippen LogP contribution in [0.5, 0.6) is 17.2 Å². The zero-order valence-electron chi connectivity index (χ0n) is 20.4. The first kappa shape index (κ1) is 29.0. The number of halogens is 1. The highest BCUT2D eigenvalue weighted by atomic mass is 35.5. The molecule has 3 rings (SSSR count). The Labute approximate surface area is 220 Å². The largest absolute Gasteiger partial charge is 0.491 e. The Morgan fingerprint density at radius 1 is 1.20 bits per heavy atom. The standard InChI is InChI=1S/C17H17ClO4S.C7H14N2O2S/c1-12(19-8-9-20-14-4-2-13(18)3-5-14)22-15-6-7-16-17(10-15)23-11-21-16;1-5(6(2)12-4)9-11-7(10)8-3/h2-7,10,12H,8-9,11H2,1H3;6H,1-4H3,(H,8,10)/b;9-5-. The molecule has 1 amide bonds. The van der Waals surface area contributed by atoms with Crippen LogP contribution < -0.4 is 19.5 Å².